The Kier molecular flexibility index (Phi) is 5.42. The highest BCUT2D eigenvalue weighted by molar-refractivity contribution is 6.35. The fraction of sp³-hybridized carbons (Fsp3) is 0.200. The van der Waals surface area contributed by atoms with Crippen LogP contribution in [-0.2, 0) is 19.8 Å². The molecule has 0 unspecified atom stereocenters. The van der Waals surface area contributed by atoms with Gasteiger partial charge in [0.1, 0.15) is 18.2 Å². The van der Waals surface area contributed by atoms with E-state index in [0.717, 1.165) is 12.1 Å². The molecule has 2 rings (SSSR count). The summed E-state index contributed by atoms with van der Waals surface area (Å²) < 4.78 is 19.0. The third-order valence-electron chi connectivity index (χ3n) is 2.97. The zero-order chi connectivity index (χ0) is 15.4. The molecule has 0 aliphatic carbocycles. The summed E-state index contributed by atoms with van der Waals surface area (Å²) in [7, 11) is 0. The molecule has 3 nitrogen and oxygen atoms in total. The molecule has 2 N–H and O–H groups in total. The van der Waals surface area contributed by atoms with E-state index in [1.54, 1.807) is 18.2 Å². The number of ether oxygens (including phenoxy) is 1. The lowest BCUT2D eigenvalue weighted by Crippen LogP contribution is -2.04. The van der Waals surface area contributed by atoms with Gasteiger partial charge in [-0.25, -0.2) is 4.39 Å². The van der Waals surface area contributed by atoms with Gasteiger partial charge in [-0.15, -0.1) is 0 Å². The summed E-state index contributed by atoms with van der Waals surface area (Å²) in [6.45, 7) is -0.767. The van der Waals surface area contributed by atoms with Gasteiger partial charge < -0.3 is 14.9 Å². The van der Waals surface area contributed by atoms with Gasteiger partial charge in [-0.3, -0.25) is 0 Å². The first kappa shape index (κ1) is 16.0. The van der Waals surface area contributed by atoms with E-state index < -0.39 is 19.0 Å². The maximum Gasteiger partial charge on any atom is 0.131 e. The van der Waals surface area contributed by atoms with Crippen LogP contribution >= 0.6 is 23.2 Å². The molecule has 0 amide bonds. The Balaban J connectivity index is 2.31. The third kappa shape index (κ3) is 3.66. The zero-order valence-electron chi connectivity index (χ0n) is 10.9. The molecule has 2 aromatic carbocycles. The predicted octanol–water partition coefficient (Wildman–Crippen LogP) is 3.70. The summed E-state index contributed by atoms with van der Waals surface area (Å²) in [5.74, 6) is -0.316. The normalized spacial score (nSPS) is 10.7. The van der Waals surface area contributed by atoms with Gasteiger partial charge in [0, 0.05) is 26.7 Å². The van der Waals surface area contributed by atoms with Crippen LogP contribution in [0, 0.1) is 5.82 Å². The molecule has 0 atom stereocenters. The van der Waals surface area contributed by atoms with E-state index in [2.05, 4.69) is 0 Å². The fourth-order valence-corrected chi connectivity index (χ4v) is 2.45. The van der Waals surface area contributed by atoms with E-state index in [9.17, 15) is 14.6 Å². The molecular formula is C15H13Cl2FO3. The van der Waals surface area contributed by atoms with Gasteiger partial charge in [-0.2, -0.15) is 0 Å². The van der Waals surface area contributed by atoms with Gasteiger partial charge in [0.15, 0.2) is 0 Å². The lowest BCUT2D eigenvalue weighted by Gasteiger charge is -2.15. The Bertz CT molecular complexity index is 602. The second-order valence-electron chi connectivity index (χ2n) is 4.36. The summed E-state index contributed by atoms with van der Waals surface area (Å²) in [5, 5.41) is 19.5. The number of aliphatic hydroxyl groups is 2. The maximum atomic E-state index is 13.4. The Morgan fingerprint density at radius 2 is 1.52 bits per heavy atom. The third-order valence-corrected chi connectivity index (χ3v) is 3.68. The fourth-order valence-electron chi connectivity index (χ4n) is 1.95. The molecule has 0 saturated heterocycles. The quantitative estimate of drug-likeness (QED) is 0.878. The Labute approximate surface area is 131 Å². The molecule has 0 radical (unpaired) electrons. The van der Waals surface area contributed by atoms with Gasteiger partial charge in [0.25, 0.3) is 0 Å². The van der Waals surface area contributed by atoms with Crippen molar-refractivity contribution in [2.75, 3.05) is 0 Å². The molecule has 0 aromatic heterocycles. The minimum Gasteiger partial charge on any atom is -0.488 e. The largest absolute Gasteiger partial charge is 0.488 e. The van der Waals surface area contributed by atoms with Gasteiger partial charge in [-0.05, 0) is 24.3 Å². The van der Waals surface area contributed by atoms with Crippen LogP contribution in [0.15, 0.2) is 30.3 Å². The second-order valence-corrected chi connectivity index (χ2v) is 5.17. The van der Waals surface area contributed by atoms with Crippen molar-refractivity contribution in [3.8, 4) is 5.75 Å². The smallest absolute Gasteiger partial charge is 0.131 e. The molecule has 0 aliphatic heterocycles. The van der Waals surface area contributed by atoms with Crippen LogP contribution in [0.5, 0.6) is 5.75 Å². The van der Waals surface area contributed by atoms with Gasteiger partial charge in [0.2, 0.25) is 0 Å². The minimum atomic E-state index is -0.550. The van der Waals surface area contributed by atoms with Crippen LogP contribution in [-0.4, -0.2) is 10.2 Å². The number of halogens is 3. The van der Waals surface area contributed by atoms with Crippen molar-refractivity contribution in [3.05, 3.63) is 62.9 Å². The standard InChI is InChI=1S/C15H13Cl2FO3/c16-13-2-1-3-14(17)12(13)8-21-15-9(6-19)4-11(18)5-10(15)7-20/h1-5,19-20H,6-8H2. The predicted molar refractivity (Wildman–Crippen MR) is 79.0 cm³/mol. The van der Waals surface area contributed by atoms with Crippen molar-refractivity contribution < 1.29 is 19.3 Å². The number of rotatable bonds is 5. The molecule has 6 heteroatoms. The van der Waals surface area contributed by atoms with Crippen LogP contribution in [0.25, 0.3) is 0 Å². The molecule has 21 heavy (non-hydrogen) atoms. The van der Waals surface area contributed by atoms with Crippen molar-refractivity contribution in [1.29, 1.82) is 0 Å². The van der Waals surface area contributed by atoms with Crippen LogP contribution < -0.4 is 4.74 Å². The van der Waals surface area contributed by atoms with Crippen LogP contribution in [0.1, 0.15) is 16.7 Å². The number of benzene rings is 2. The summed E-state index contributed by atoms with van der Waals surface area (Å²) >= 11 is 12.1. The van der Waals surface area contributed by atoms with Crippen LogP contribution in [0.3, 0.4) is 0 Å². The van der Waals surface area contributed by atoms with Crippen LogP contribution in [0.2, 0.25) is 10.0 Å². The van der Waals surface area contributed by atoms with Gasteiger partial charge in [0.05, 0.1) is 13.2 Å². The minimum absolute atomic E-state index is 0.0458. The topological polar surface area (TPSA) is 49.7 Å². The summed E-state index contributed by atoms with van der Waals surface area (Å²) in [5.41, 5.74) is 1.09. The SMILES string of the molecule is OCc1cc(F)cc(CO)c1OCc1c(Cl)cccc1Cl. The maximum absolute atomic E-state index is 13.4. The van der Waals surface area contributed by atoms with E-state index in [1.807, 2.05) is 0 Å². The zero-order valence-corrected chi connectivity index (χ0v) is 12.5. The first-order valence-corrected chi connectivity index (χ1v) is 6.91. The highest BCUT2D eigenvalue weighted by Crippen LogP contribution is 2.30. The van der Waals surface area contributed by atoms with E-state index in [0.29, 0.717) is 15.6 Å². The van der Waals surface area contributed by atoms with Crippen molar-refractivity contribution in [1.82, 2.24) is 0 Å². The highest BCUT2D eigenvalue weighted by atomic mass is 35.5. The lowest BCUT2D eigenvalue weighted by molar-refractivity contribution is 0.241. The highest BCUT2D eigenvalue weighted by Gasteiger charge is 2.14. The van der Waals surface area contributed by atoms with E-state index >= 15 is 0 Å². The molecule has 0 aliphatic rings. The summed E-state index contributed by atoms with van der Waals surface area (Å²) in [6, 6.07) is 7.38. The molecule has 0 spiro atoms. The molecule has 0 bridgehead atoms. The van der Waals surface area contributed by atoms with E-state index in [1.165, 1.54) is 0 Å². The van der Waals surface area contributed by atoms with E-state index in [4.69, 9.17) is 27.9 Å². The van der Waals surface area contributed by atoms with Gasteiger partial charge >= 0.3 is 0 Å². The first-order chi connectivity index (χ1) is 10.1. The molecule has 112 valence electrons. The average molecular weight is 331 g/mol. The first-order valence-electron chi connectivity index (χ1n) is 6.15. The molecule has 0 fully saturated rings. The molecule has 2 aromatic rings. The monoisotopic (exact) mass is 330 g/mol. The summed E-state index contributed by atoms with van der Waals surface area (Å²) in [6.07, 6.45) is 0. The number of hydrogen-bond acceptors (Lipinski definition) is 3. The number of aliphatic hydroxyl groups excluding tert-OH is 2. The Hall–Kier alpha value is -1.33. The van der Waals surface area contributed by atoms with Crippen molar-refractivity contribution in [2.45, 2.75) is 19.8 Å². The molecular weight excluding hydrogens is 318 g/mol. The summed E-state index contributed by atoms with van der Waals surface area (Å²) in [4.78, 5) is 0. The lowest BCUT2D eigenvalue weighted by atomic mass is 10.1. The molecule has 0 heterocycles. The van der Waals surface area contributed by atoms with Crippen molar-refractivity contribution in [3.63, 3.8) is 0 Å². The van der Waals surface area contributed by atoms with Crippen molar-refractivity contribution >= 4 is 23.2 Å². The Morgan fingerprint density at radius 1 is 1.00 bits per heavy atom. The Morgan fingerprint density at radius 3 is 2.00 bits per heavy atom. The van der Waals surface area contributed by atoms with Crippen LogP contribution in [0.4, 0.5) is 4.39 Å². The van der Waals surface area contributed by atoms with Crippen molar-refractivity contribution in [2.24, 2.45) is 0 Å². The van der Waals surface area contributed by atoms with E-state index in [-0.39, 0.29) is 23.5 Å². The number of hydrogen-bond donors (Lipinski definition) is 2. The average Bonchev–Trinajstić information content (AvgIpc) is 2.47. The molecule has 0 saturated carbocycles. The second kappa shape index (κ2) is 7.09. The van der Waals surface area contributed by atoms with Gasteiger partial charge in [-0.1, -0.05) is 29.3 Å².